The minimum Gasteiger partial charge on any atom is -0.484 e. The third kappa shape index (κ3) is 5.47. The summed E-state index contributed by atoms with van der Waals surface area (Å²) in [5, 5.41) is 17.2. The van der Waals surface area contributed by atoms with E-state index in [2.05, 4.69) is 21.4 Å². The summed E-state index contributed by atoms with van der Waals surface area (Å²) in [5.74, 6) is 0.542. The zero-order chi connectivity index (χ0) is 24.1. The highest BCUT2D eigenvalue weighted by Crippen LogP contribution is 2.21. The molecule has 0 spiro atoms. The van der Waals surface area contributed by atoms with Gasteiger partial charge in [-0.25, -0.2) is 18.5 Å². The van der Waals surface area contributed by atoms with Crippen LogP contribution in [-0.4, -0.2) is 30.9 Å². The number of sulfonamides is 1. The van der Waals surface area contributed by atoms with Gasteiger partial charge in [0.05, 0.1) is 21.5 Å². The molecule has 4 N–H and O–H groups in total. The Morgan fingerprint density at radius 2 is 1.79 bits per heavy atom. The summed E-state index contributed by atoms with van der Waals surface area (Å²) < 4.78 is 28.1. The van der Waals surface area contributed by atoms with Crippen molar-refractivity contribution in [2.45, 2.75) is 4.90 Å². The lowest BCUT2D eigenvalue weighted by molar-refractivity contribution is -0.118. The molecule has 4 aromatic rings. The molecule has 0 fully saturated rings. The van der Waals surface area contributed by atoms with Crippen LogP contribution >= 0.6 is 0 Å². The average molecular weight is 474 g/mol. The molecule has 0 bridgehead atoms. The molecule has 0 aliphatic carbocycles. The van der Waals surface area contributed by atoms with Crippen LogP contribution in [0.25, 0.3) is 22.7 Å². The van der Waals surface area contributed by atoms with Gasteiger partial charge in [-0.2, -0.15) is 5.26 Å². The molecule has 0 aliphatic heterocycles. The van der Waals surface area contributed by atoms with Gasteiger partial charge in [-0.15, -0.1) is 0 Å². The number of nitrogens with two attached hydrogens (primary N) is 1. The molecule has 0 saturated carbocycles. The highest BCUT2D eigenvalue weighted by atomic mass is 32.2. The summed E-state index contributed by atoms with van der Waals surface area (Å²) in [6.07, 6.45) is 1.71. The van der Waals surface area contributed by atoms with Crippen LogP contribution in [0.15, 0.2) is 77.7 Å². The molecule has 1 heterocycles. The van der Waals surface area contributed by atoms with Crippen LogP contribution in [0.3, 0.4) is 0 Å². The molecule has 0 saturated heterocycles. The van der Waals surface area contributed by atoms with E-state index in [4.69, 9.17) is 9.88 Å². The Morgan fingerprint density at radius 1 is 1.09 bits per heavy atom. The standard InChI is InChI=1S/C24H19N5O4S/c25-14-17(24-28-21-3-1-2-4-22(21)29-24)13-16-5-9-19(10-6-16)33-15-23(30)27-18-7-11-20(12-8-18)34(26,31)32/h1-13H,15H2,(H,27,30)(H,28,29)(H2,26,31,32)/b17-13+. The van der Waals surface area contributed by atoms with Gasteiger partial charge in [-0.3, -0.25) is 4.79 Å². The Hall–Kier alpha value is -4.46. The van der Waals surface area contributed by atoms with Gasteiger partial charge in [0.25, 0.3) is 5.91 Å². The van der Waals surface area contributed by atoms with Crippen LogP contribution in [0.2, 0.25) is 0 Å². The number of amides is 1. The first-order chi connectivity index (χ1) is 16.3. The maximum atomic E-state index is 12.1. The zero-order valence-electron chi connectivity index (χ0n) is 17.7. The molecule has 1 aromatic heterocycles. The number of nitrogens with zero attached hydrogens (tertiary/aromatic N) is 2. The van der Waals surface area contributed by atoms with Crippen molar-refractivity contribution in [1.29, 1.82) is 5.26 Å². The van der Waals surface area contributed by atoms with Crippen molar-refractivity contribution >= 4 is 44.3 Å². The molecule has 0 aliphatic rings. The number of hydrogen-bond donors (Lipinski definition) is 3. The summed E-state index contributed by atoms with van der Waals surface area (Å²) in [6, 6.07) is 22.1. The average Bonchev–Trinajstić information content (AvgIpc) is 3.26. The van der Waals surface area contributed by atoms with Gasteiger partial charge in [0.1, 0.15) is 17.6 Å². The second-order valence-corrected chi connectivity index (χ2v) is 8.81. The van der Waals surface area contributed by atoms with Crippen molar-refractivity contribution in [2.75, 3.05) is 11.9 Å². The number of allylic oxidation sites excluding steroid dienone is 1. The summed E-state index contributed by atoms with van der Waals surface area (Å²) in [6.45, 7) is -0.242. The van der Waals surface area contributed by atoms with Gasteiger partial charge in [0.2, 0.25) is 10.0 Å². The number of nitrogens with one attached hydrogen (secondary N) is 2. The van der Waals surface area contributed by atoms with Crippen LogP contribution < -0.4 is 15.2 Å². The quantitative estimate of drug-likeness (QED) is 0.350. The molecule has 1 amide bonds. The predicted octanol–water partition coefficient (Wildman–Crippen LogP) is 3.29. The van der Waals surface area contributed by atoms with E-state index in [0.717, 1.165) is 16.6 Å². The second kappa shape index (κ2) is 9.58. The number of ether oxygens (including phenoxy) is 1. The molecule has 10 heteroatoms. The number of anilines is 1. The Labute approximate surface area is 195 Å². The first-order valence-electron chi connectivity index (χ1n) is 10.0. The lowest BCUT2D eigenvalue weighted by atomic mass is 10.1. The van der Waals surface area contributed by atoms with Gasteiger partial charge < -0.3 is 15.0 Å². The van der Waals surface area contributed by atoms with Crippen LogP contribution in [0.1, 0.15) is 11.4 Å². The fourth-order valence-corrected chi connectivity index (χ4v) is 3.65. The van der Waals surface area contributed by atoms with Crippen molar-refractivity contribution in [3.05, 3.63) is 84.2 Å². The maximum Gasteiger partial charge on any atom is 0.262 e. The number of fused-ring (bicyclic) bond motifs is 1. The fraction of sp³-hybridized carbons (Fsp3) is 0.0417. The maximum absolute atomic E-state index is 12.1. The molecule has 4 rings (SSSR count). The number of H-pyrrole nitrogens is 1. The minimum atomic E-state index is -3.79. The predicted molar refractivity (Wildman–Crippen MR) is 128 cm³/mol. The number of hydrogen-bond acceptors (Lipinski definition) is 6. The lowest BCUT2D eigenvalue weighted by Crippen LogP contribution is -2.20. The number of imidazole rings is 1. The van der Waals surface area contributed by atoms with E-state index < -0.39 is 15.9 Å². The number of carbonyl (C=O) groups excluding carboxylic acids is 1. The molecule has 0 radical (unpaired) electrons. The van der Waals surface area contributed by atoms with E-state index in [-0.39, 0.29) is 11.5 Å². The van der Waals surface area contributed by atoms with E-state index in [1.54, 1.807) is 30.3 Å². The van der Waals surface area contributed by atoms with E-state index in [1.165, 1.54) is 24.3 Å². The Kier molecular flexibility index (Phi) is 6.40. The Morgan fingerprint density at radius 3 is 2.44 bits per heavy atom. The van der Waals surface area contributed by atoms with E-state index in [9.17, 15) is 18.5 Å². The van der Waals surface area contributed by atoms with Gasteiger partial charge in [0.15, 0.2) is 6.61 Å². The smallest absolute Gasteiger partial charge is 0.262 e. The van der Waals surface area contributed by atoms with Crippen LogP contribution in [0.4, 0.5) is 5.69 Å². The molecule has 3 aromatic carbocycles. The second-order valence-electron chi connectivity index (χ2n) is 7.25. The summed E-state index contributed by atoms with van der Waals surface area (Å²) >= 11 is 0. The topological polar surface area (TPSA) is 151 Å². The molecular formula is C24H19N5O4S. The summed E-state index contributed by atoms with van der Waals surface area (Å²) in [4.78, 5) is 19.6. The first kappa shape index (κ1) is 22.7. The number of para-hydroxylation sites is 2. The van der Waals surface area contributed by atoms with E-state index in [1.807, 2.05) is 24.3 Å². The number of primary sulfonamides is 1. The highest BCUT2D eigenvalue weighted by molar-refractivity contribution is 7.89. The SMILES string of the molecule is N#C/C(=C\c1ccc(OCC(=O)Nc2ccc(S(N)(=O)=O)cc2)cc1)c1nc2ccccc2[nH]1. The summed E-state index contributed by atoms with van der Waals surface area (Å²) in [5.41, 5.74) is 3.19. The largest absolute Gasteiger partial charge is 0.484 e. The number of aromatic amines is 1. The third-order valence-electron chi connectivity index (χ3n) is 4.79. The Bertz CT molecular complexity index is 1480. The highest BCUT2D eigenvalue weighted by Gasteiger charge is 2.10. The van der Waals surface area contributed by atoms with Gasteiger partial charge >= 0.3 is 0 Å². The lowest BCUT2D eigenvalue weighted by Gasteiger charge is -2.08. The monoisotopic (exact) mass is 473 g/mol. The molecular weight excluding hydrogens is 454 g/mol. The van der Waals surface area contributed by atoms with Crippen molar-refractivity contribution in [2.24, 2.45) is 5.14 Å². The van der Waals surface area contributed by atoms with Crippen molar-refractivity contribution in [3.63, 3.8) is 0 Å². The van der Waals surface area contributed by atoms with Crippen molar-refractivity contribution < 1.29 is 17.9 Å². The van der Waals surface area contributed by atoms with E-state index in [0.29, 0.717) is 22.8 Å². The molecule has 0 unspecified atom stereocenters. The zero-order valence-corrected chi connectivity index (χ0v) is 18.5. The first-order valence-corrected chi connectivity index (χ1v) is 11.6. The minimum absolute atomic E-state index is 0.0456. The van der Waals surface area contributed by atoms with Crippen LogP contribution in [0, 0.1) is 11.3 Å². The van der Waals surface area contributed by atoms with Crippen molar-refractivity contribution in [1.82, 2.24) is 9.97 Å². The molecule has 0 atom stereocenters. The number of benzene rings is 3. The number of nitriles is 1. The summed E-state index contributed by atoms with van der Waals surface area (Å²) in [7, 11) is -3.79. The molecule has 170 valence electrons. The van der Waals surface area contributed by atoms with E-state index >= 15 is 0 Å². The Balaban J connectivity index is 1.36. The number of rotatable bonds is 7. The van der Waals surface area contributed by atoms with Crippen LogP contribution in [0.5, 0.6) is 5.75 Å². The fourth-order valence-electron chi connectivity index (χ4n) is 3.13. The molecule has 34 heavy (non-hydrogen) atoms. The normalized spacial score (nSPS) is 11.7. The number of carbonyl (C=O) groups is 1. The third-order valence-corrected chi connectivity index (χ3v) is 5.72. The van der Waals surface area contributed by atoms with Gasteiger partial charge in [0, 0.05) is 5.69 Å². The van der Waals surface area contributed by atoms with Gasteiger partial charge in [-0.1, -0.05) is 24.3 Å². The molecule has 9 nitrogen and oxygen atoms in total. The van der Waals surface area contributed by atoms with Gasteiger partial charge in [-0.05, 0) is 60.2 Å². The number of aromatic nitrogens is 2. The van der Waals surface area contributed by atoms with Crippen molar-refractivity contribution in [3.8, 4) is 11.8 Å². The van der Waals surface area contributed by atoms with Crippen LogP contribution in [-0.2, 0) is 14.8 Å².